The summed E-state index contributed by atoms with van der Waals surface area (Å²) in [6, 6.07) is 41.4. The van der Waals surface area contributed by atoms with E-state index in [0.717, 1.165) is 39.5 Å². The second kappa shape index (κ2) is 8.32. The monoisotopic (exact) mass is 463 g/mol. The zero-order chi connectivity index (χ0) is 23.9. The van der Waals surface area contributed by atoms with Gasteiger partial charge in [-0.05, 0) is 36.4 Å². The summed E-state index contributed by atoms with van der Waals surface area (Å²) in [6.07, 6.45) is 1.92. The van der Waals surface area contributed by atoms with Gasteiger partial charge in [0.15, 0.2) is 11.6 Å². The topological polar surface area (TPSA) is 48.5 Å². The molecule has 0 unspecified atom stereocenters. The van der Waals surface area contributed by atoms with Gasteiger partial charge in [0, 0.05) is 22.0 Å². The van der Waals surface area contributed by atoms with Gasteiger partial charge in [0.1, 0.15) is 5.69 Å². The fourth-order valence-electron chi connectivity index (χ4n) is 4.90. The predicted octanol–water partition coefficient (Wildman–Crippen LogP) is 7.09. The molecule has 0 atom stereocenters. The second-order valence-electron chi connectivity index (χ2n) is 8.66. The molecule has 7 aromatic rings. The molecular weight excluding hydrogens is 442 g/mol. The summed E-state index contributed by atoms with van der Waals surface area (Å²) in [4.78, 5) is 4.87. The highest BCUT2D eigenvalue weighted by atomic mass is 15.3. The fourth-order valence-corrected chi connectivity index (χ4v) is 4.90. The number of fused-ring (bicyclic) bond motifs is 3. The van der Waals surface area contributed by atoms with Crippen LogP contribution >= 0.6 is 0 Å². The number of pyridine rings is 1. The molecule has 0 amide bonds. The lowest BCUT2D eigenvalue weighted by Gasteiger charge is -2.11. The van der Waals surface area contributed by atoms with Gasteiger partial charge in [0.05, 0.1) is 22.9 Å². The van der Waals surface area contributed by atoms with Crippen molar-refractivity contribution in [2.24, 2.45) is 0 Å². The highest BCUT2D eigenvalue weighted by molar-refractivity contribution is 6.09. The molecule has 3 heterocycles. The number of rotatable bonds is 4. The summed E-state index contributed by atoms with van der Waals surface area (Å²) in [5, 5.41) is 11.6. The highest BCUT2D eigenvalue weighted by Crippen LogP contribution is 2.32. The van der Waals surface area contributed by atoms with Crippen LogP contribution in [-0.4, -0.2) is 24.3 Å². The molecule has 170 valence electrons. The zero-order valence-corrected chi connectivity index (χ0v) is 19.4. The van der Waals surface area contributed by atoms with Crippen molar-refractivity contribution in [3.8, 4) is 34.3 Å². The lowest BCUT2D eigenvalue weighted by molar-refractivity contribution is 1.05. The molecule has 0 saturated heterocycles. The van der Waals surface area contributed by atoms with Crippen molar-refractivity contribution in [3.05, 3.63) is 128 Å². The standard InChI is InChI=1S/C31H21N5/c1-3-11-22(12-4-1)30-33-34-31(36(30)23-13-5-2-6-14-23)27-20-19-24(21-32-27)35-28-17-9-7-15-25(28)26-16-8-10-18-29(26)35/h1-21H. The van der Waals surface area contributed by atoms with Crippen LogP contribution in [-0.2, 0) is 0 Å². The fraction of sp³-hybridized carbons (Fsp3) is 0. The minimum absolute atomic E-state index is 0.703. The highest BCUT2D eigenvalue weighted by Gasteiger charge is 2.18. The van der Waals surface area contributed by atoms with Crippen LogP contribution in [0.4, 0.5) is 0 Å². The van der Waals surface area contributed by atoms with E-state index in [1.165, 1.54) is 10.8 Å². The second-order valence-corrected chi connectivity index (χ2v) is 8.66. The molecule has 5 nitrogen and oxygen atoms in total. The molecule has 0 aliphatic carbocycles. The molecule has 0 aliphatic heterocycles. The maximum absolute atomic E-state index is 4.87. The van der Waals surface area contributed by atoms with Crippen LogP contribution in [0.25, 0.3) is 56.1 Å². The van der Waals surface area contributed by atoms with Gasteiger partial charge < -0.3 is 4.57 Å². The molecule has 0 saturated carbocycles. The Hall–Kier alpha value is -5.03. The summed E-state index contributed by atoms with van der Waals surface area (Å²) >= 11 is 0. The van der Waals surface area contributed by atoms with Crippen molar-refractivity contribution in [2.45, 2.75) is 0 Å². The van der Waals surface area contributed by atoms with E-state index in [9.17, 15) is 0 Å². The predicted molar refractivity (Wildman–Crippen MR) is 144 cm³/mol. The van der Waals surface area contributed by atoms with Gasteiger partial charge in [0.25, 0.3) is 0 Å². The van der Waals surface area contributed by atoms with Crippen LogP contribution in [0.15, 0.2) is 128 Å². The van der Waals surface area contributed by atoms with Crippen molar-refractivity contribution in [3.63, 3.8) is 0 Å². The van der Waals surface area contributed by atoms with Gasteiger partial charge in [-0.1, -0.05) is 84.9 Å². The molecule has 0 fully saturated rings. The Morgan fingerprint density at radius 3 is 1.67 bits per heavy atom. The molecular formula is C31H21N5. The summed E-state index contributed by atoms with van der Waals surface area (Å²) in [7, 11) is 0. The first kappa shape index (κ1) is 20.4. The molecule has 0 aliphatic rings. The quantitative estimate of drug-likeness (QED) is 0.280. The largest absolute Gasteiger partial charge is 0.308 e. The SMILES string of the molecule is c1ccc(-c2nnc(-c3ccc(-n4c5ccccc5c5ccccc54)cn3)n2-c2ccccc2)cc1. The van der Waals surface area contributed by atoms with Crippen molar-refractivity contribution >= 4 is 21.8 Å². The van der Waals surface area contributed by atoms with Gasteiger partial charge in [-0.15, -0.1) is 10.2 Å². The van der Waals surface area contributed by atoms with E-state index in [2.05, 4.69) is 86.1 Å². The van der Waals surface area contributed by atoms with E-state index in [0.29, 0.717) is 5.82 Å². The minimum Gasteiger partial charge on any atom is -0.308 e. The average Bonchev–Trinajstić information content (AvgIpc) is 3.54. The third-order valence-corrected chi connectivity index (χ3v) is 6.52. The molecule has 7 rings (SSSR count). The van der Waals surface area contributed by atoms with Crippen LogP contribution < -0.4 is 0 Å². The van der Waals surface area contributed by atoms with E-state index in [1.807, 2.05) is 60.8 Å². The van der Waals surface area contributed by atoms with Crippen molar-refractivity contribution in [2.75, 3.05) is 0 Å². The van der Waals surface area contributed by atoms with Crippen LogP contribution in [0, 0.1) is 0 Å². The summed E-state index contributed by atoms with van der Waals surface area (Å²) < 4.78 is 4.33. The average molecular weight is 464 g/mol. The van der Waals surface area contributed by atoms with Crippen molar-refractivity contribution in [1.29, 1.82) is 0 Å². The lowest BCUT2D eigenvalue weighted by Crippen LogP contribution is -2.02. The normalized spacial score (nSPS) is 11.3. The molecule has 0 N–H and O–H groups in total. The Labute approximate surface area is 207 Å². The first-order valence-corrected chi connectivity index (χ1v) is 11.9. The number of nitrogens with zero attached hydrogens (tertiary/aromatic N) is 5. The molecule has 4 aromatic carbocycles. The Balaban J connectivity index is 1.39. The van der Waals surface area contributed by atoms with Gasteiger partial charge >= 0.3 is 0 Å². The Morgan fingerprint density at radius 1 is 0.444 bits per heavy atom. The Bertz CT molecular complexity index is 1760. The van der Waals surface area contributed by atoms with Crippen molar-refractivity contribution in [1.82, 2.24) is 24.3 Å². The number of hydrogen-bond donors (Lipinski definition) is 0. The Kier molecular flexibility index (Phi) is 4.71. The summed E-state index contributed by atoms with van der Waals surface area (Å²) in [5.41, 5.74) is 6.08. The van der Waals surface area contributed by atoms with E-state index >= 15 is 0 Å². The number of aromatic nitrogens is 5. The molecule has 0 bridgehead atoms. The van der Waals surface area contributed by atoms with Crippen LogP contribution in [0.5, 0.6) is 0 Å². The van der Waals surface area contributed by atoms with Crippen LogP contribution in [0.3, 0.4) is 0 Å². The number of para-hydroxylation sites is 3. The summed E-state index contributed by atoms with van der Waals surface area (Å²) in [6.45, 7) is 0. The molecule has 36 heavy (non-hydrogen) atoms. The van der Waals surface area contributed by atoms with E-state index in [4.69, 9.17) is 4.98 Å². The maximum Gasteiger partial charge on any atom is 0.187 e. The molecule has 3 aromatic heterocycles. The minimum atomic E-state index is 0.703. The first-order chi connectivity index (χ1) is 17.9. The van der Waals surface area contributed by atoms with Crippen LogP contribution in [0.1, 0.15) is 0 Å². The maximum atomic E-state index is 4.87. The zero-order valence-electron chi connectivity index (χ0n) is 19.4. The van der Waals surface area contributed by atoms with Gasteiger partial charge in [-0.25, -0.2) is 0 Å². The molecule has 0 spiro atoms. The third kappa shape index (κ3) is 3.21. The van der Waals surface area contributed by atoms with E-state index in [-0.39, 0.29) is 0 Å². The number of hydrogen-bond acceptors (Lipinski definition) is 3. The first-order valence-electron chi connectivity index (χ1n) is 11.9. The molecule has 0 radical (unpaired) electrons. The third-order valence-electron chi connectivity index (χ3n) is 6.52. The van der Waals surface area contributed by atoms with Crippen molar-refractivity contribution < 1.29 is 0 Å². The lowest BCUT2D eigenvalue weighted by atomic mass is 10.2. The Morgan fingerprint density at radius 2 is 1.03 bits per heavy atom. The smallest absolute Gasteiger partial charge is 0.187 e. The van der Waals surface area contributed by atoms with E-state index < -0.39 is 0 Å². The number of benzene rings is 4. The van der Waals surface area contributed by atoms with Gasteiger partial charge in [0.2, 0.25) is 0 Å². The van der Waals surface area contributed by atoms with Gasteiger partial charge in [-0.3, -0.25) is 9.55 Å². The van der Waals surface area contributed by atoms with Crippen LogP contribution in [0.2, 0.25) is 0 Å². The van der Waals surface area contributed by atoms with E-state index in [1.54, 1.807) is 0 Å². The summed E-state index contributed by atoms with van der Waals surface area (Å²) in [5.74, 6) is 1.49. The van der Waals surface area contributed by atoms with Gasteiger partial charge in [-0.2, -0.15) is 0 Å². The molecule has 5 heteroatoms.